The highest BCUT2D eigenvalue weighted by molar-refractivity contribution is 7.17. The molecule has 0 amide bonds. The second kappa shape index (κ2) is 12.1. The van der Waals surface area contributed by atoms with E-state index in [0.29, 0.717) is 53.8 Å². The van der Waals surface area contributed by atoms with Crippen LogP contribution in [-0.2, 0) is 17.8 Å². The highest BCUT2D eigenvalue weighted by Gasteiger charge is 2.18. The molecule has 0 fully saturated rings. The Kier molecular flexibility index (Phi) is 8.71. The van der Waals surface area contributed by atoms with Gasteiger partial charge in [0.15, 0.2) is 11.5 Å². The van der Waals surface area contributed by atoms with Crippen LogP contribution in [0.25, 0.3) is 21.3 Å². The number of methoxy groups -OCH3 is 2. The SMILES string of the molecule is CCOC[C@H](O)CN(Cc1ccccc1)Cc1nc2scc(-c3ccc(OC)c(OC)c3)c2c(=O)[nH]1. The van der Waals surface area contributed by atoms with Crippen molar-refractivity contribution in [1.29, 1.82) is 0 Å². The number of fused-ring (bicyclic) bond motifs is 1. The average molecular weight is 510 g/mol. The van der Waals surface area contributed by atoms with Crippen LogP contribution in [0.3, 0.4) is 0 Å². The number of rotatable bonds is 12. The van der Waals surface area contributed by atoms with E-state index in [-0.39, 0.29) is 12.2 Å². The number of hydrogen-bond donors (Lipinski definition) is 2. The molecule has 190 valence electrons. The van der Waals surface area contributed by atoms with E-state index in [9.17, 15) is 9.90 Å². The van der Waals surface area contributed by atoms with Crippen molar-refractivity contribution in [2.75, 3.05) is 34.0 Å². The first-order chi connectivity index (χ1) is 17.5. The summed E-state index contributed by atoms with van der Waals surface area (Å²) >= 11 is 1.43. The van der Waals surface area contributed by atoms with E-state index in [0.717, 1.165) is 16.7 Å². The quantitative estimate of drug-likeness (QED) is 0.297. The molecule has 0 aliphatic rings. The van der Waals surface area contributed by atoms with E-state index in [4.69, 9.17) is 19.2 Å². The summed E-state index contributed by atoms with van der Waals surface area (Å²) in [6.45, 7) is 4.07. The fourth-order valence-corrected chi connectivity index (χ4v) is 5.09. The summed E-state index contributed by atoms with van der Waals surface area (Å²) in [5.41, 5.74) is 2.56. The molecule has 0 aliphatic carbocycles. The number of hydrogen-bond acceptors (Lipinski definition) is 8. The van der Waals surface area contributed by atoms with Crippen molar-refractivity contribution in [3.8, 4) is 22.6 Å². The minimum absolute atomic E-state index is 0.199. The van der Waals surface area contributed by atoms with Crippen molar-refractivity contribution in [3.05, 3.63) is 75.7 Å². The van der Waals surface area contributed by atoms with E-state index < -0.39 is 6.10 Å². The van der Waals surface area contributed by atoms with Gasteiger partial charge >= 0.3 is 0 Å². The van der Waals surface area contributed by atoms with Gasteiger partial charge in [-0.05, 0) is 30.2 Å². The zero-order valence-corrected chi connectivity index (χ0v) is 21.5. The molecule has 4 aromatic rings. The van der Waals surface area contributed by atoms with Crippen molar-refractivity contribution >= 4 is 21.6 Å². The summed E-state index contributed by atoms with van der Waals surface area (Å²) in [7, 11) is 3.17. The van der Waals surface area contributed by atoms with Crippen molar-refractivity contribution in [3.63, 3.8) is 0 Å². The Labute approximate surface area is 214 Å². The summed E-state index contributed by atoms with van der Waals surface area (Å²) < 4.78 is 16.1. The lowest BCUT2D eigenvalue weighted by atomic mass is 10.1. The van der Waals surface area contributed by atoms with Gasteiger partial charge in [-0.3, -0.25) is 9.69 Å². The van der Waals surface area contributed by atoms with Crippen LogP contribution in [0.15, 0.2) is 58.7 Å². The average Bonchev–Trinajstić information content (AvgIpc) is 3.32. The van der Waals surface area contributed by atoms with Crippen molar-refractivity contribution in [2.24, 2.45) is 0 Å². The standard InChI is InChI=1S/C27H31N3O5S/c1-4-35-16-20(31)14-30(13-18-8-6-5-7-9-18)15-24-28-26(32)25-21(17-36-27(25)29-24)19-10-11-22(33-2)23(12-19)34-3/h5-12,17,20,31H,4,13-16H2,1-3H3,(H,28,29,32)/t20-/m1/s1. The van der Waals surface area contributed by atoms with Crippen LogP contribution in [0.4, 0.5) is 0 Å². The number of ether oxygens (including phenoxy) is 3. The van der Waals surface area contributed by atoms with Crippen LogP contribution in [-0.4, -0.2) is 60.1 Å². The molecule has 0 saturated heterocycles. The monoisotopic (exact) mass is 509 g/mol. The molecule has 0 aliphatic heterocycles. The van der Waals surface area contributed by atoms with Crippen LogP contribution in [0, 0.1) is 0 Å². The number of aromatic nitrogens is 2. The maximum atomic E-state index is 13.2. The van der Waals surface area contributed by atoms with E-state index in [2.05, 4.69) is 9.88 Å². The van der Waals surface area contributed by atoms with E-state index in [1.165, 1.54) is 11.3 Å². The highest BCUT2D eigenvalue weighted by atomic mass is 32.1. The minimum atomic E-state index is -0.650. The number of aliphatic hydroxyl groups is 1. The predicted molar refractivity (Wildman–Crippen MR) is 142 cm³/mol. The van der Waals surface area contributed by atoms with Crippen LogP contribution in [0.1, 0.15) is 18.3 Å². The summed E-state index contributed by atoms with van der Waals surface area (Å²) in [5.74, 6) is 1.77. The lowest BCUT2D eigenvalue weighted by molar-refractivity contribution is 0.0175. The van der Waals surface area contributed by atoms with Crippen molar-refractivity contribution < 1.29 is 19.3 Å². The van der Waals surface area contributed by atoms with Crippen LogP contribution >= 0.6 is 11.3 Å². The Morgan fingerprint density at radius 2 is 1.86 bits per heavy atom. The van der Waals surface area contributed by atoms with Crippen LogP contribution in [0.2, 0.25) is 0 Å². The Balaban J connectivity index is 1.62. The fraction of sp³-hybridized carbons (Fsp3) is 0.333. The topological polar surface area (TPSA) is 96.9 Å². The predicted octanol–water partition coefficient (Wildman–Crippen LogP) is 4.07. The molecule has 0 saturated carbocycles. The second-order valence-corrected chi connectivity index (χ2v) is 9.24. The molecule has 9 heteroatoms. The lowest BCUT2D eigenvalue weighted by Gasteiger charge is -2.24. The minimum Gasteiger partial charge on any atom is -0.493 e. The van der Waals surface area contributed by atoms with Crippen LogP contribution < -0.4 is 15.0 Å². The summed E-state index contributed by atoms with van der Waals surface area (Å²) in [6, 6.07) is 15.6. The van der Waals surface area contributed by atoms with E-state index in [1.54, 1.807) is 14.2 Å². The van der Waals surface area contributed by atoms with Gasteiger partial charge in [0, 0.05) is 30.6 Å². The third-order valence-electron chi connectivity index (χ3n) is 5.79. The zero-order valence-electron chi connectivity index (χ0n) is 20.7. The Bertz CT molecular complexity index is 1340. The van der Waals surface area contributed by atoms with Gasteiger partial charge in [-0.25, -0.2) is 4.98 Å². The molecular formula is C27H31N3O5S. The van der Waals surface area contributed by atoms with Crippen molar-refractivity contribution in [2.45, 2.75) is 26.1 Å². The Morgan fingerprint density at radius 1 is 1.08 bits per heavy atom. The number of thiophene rings is 1. The van der Waals surface area contributed by atoms with Gasteiger partial charge in [0.1, 0.15) is 10.7 Å². The van der Waals surface area contributed by atoms with E-state index >= 15 is 0 Å². The lowest BCUT2D eigenvalue weighted by Crippen LogP contribution is -2.35. The molecule has 8 nitrogen and oxygen atoms in total. The van der Waals surface area contributed by atoms with Crippen molar-refractivity contribution in [1.82, 2.24) is 14.9 Å². The number of benzene rings is 2. The second-order valence-electron chi connectivity index (χ2n) is 8.38. The van der Waals surface area contributed by atoms with Gasteiger partial charge in [-0.15, -0.1) is 11.3 Å². The molecule has 36 heavy (non-hydrogen) atoms. The number of nitrogens with zero attached hydrogens (tertiary/aromatic N) is 2. The summed E-state index contributed by atoms with van der Waals surface area (Å²) in [5, 5.41) is 12.9. The van der Waals surface area contributed by atoms with Gasteiger partial charge in [-0.2, -0.15) is 0 Å². The van der Waals surface area contributed by atoms with Crippen LogP contribution in [0.5, 0.6) is 11.5 Å². The molecule has 0 radical (unpaired) electrons. The van der Waals surface area contributed by atoms with Gasteiger partial charge in [0.2, 0.25) is 0 Å². The first-order valence-electron chi connectivity index (χ1n) is 11.8. The van der Waals surface area contributed by atoms with Gasteiger partial charge in [-0.1, -0.05) is 36.4 Å². The van der Waals surface area contributed by atoms with E-state index in [1.807, 2.05) is 60.8 Å². The molecule has 2 aromatic carbocycles. The molecule has 0 spiro atoms. The maximum Gasteiger partial charge on any atom is 0.260 e. The number of H-pyrrole nitrogens is 1. The largest absolute Gasteiger partial charge is 0.493 e. The number of aromatic amines is 1. The molecule has 0 bridgehead atoms. The zero-order chi connectivity index (χ0) is 25.5. The molecule has 2 aromatic heterocycles. The molecule has 4 rings (SSSR count). The summed E-state index contributed by atoms with van der Waals surface area (Å²) in [6.07, 6.45) is -0.650. The first kappa shape index (κ1) is 25.8. The smallest absolute Gasteiger partial charge is 0.260 e. The summed E-state index contributed by atoms with van der Waals surface area (Å²) in [4.78, 5) is 23.6. The third-order valence-corrected chi connectivity index (χ3v) is 6.67. The van der Waals surface area contributed by atoms with Gasteiger partial charge < -0.3 is 24.3 Å². The maximum absolute atomic E-state index is 13.2. The molecule has 1 atom stereocenters. The molecule has 2 N–H and O–H groups in total. The first-order valence-corrected chi connectivity index (χ1v) is 12.6. The normalized spacial score (nSPS) is 12.2. The number of nitrogens with one attached hydrogen (secondary N) is 1. The number of aliphatic hydroxyl groups excluding tert-OH is 1. The van der Waals surface area contributed by atoms with Gasteiger partial charge in [0.05, 0.1) is 38.9 Å². The third kappa shape index (κ3) is 6.11. The Morgan fingerprint density at radius 3 is 2.58 bits per heavy atom. The molecular weight excluding hydrogens is 478 g/mol. The fourth-order valence-electron chi connectivity index (χ4n) is 4.13. The molecule has 0 unspecified atom stereocenters. The Hall–Kier alpha value is -3.24. The van der Waals surface area contributed by atoms with Gasteiger partial charge in [0.25, 0.3) is 5.56 Å². The highest BCUT2D eigenvalue weighted by Crippen LogP contribution is 2.36. The molecule has 2 heterocycles.